The van der Waals surface area contributed by atoms with E-state index in [0.717, 1.165) is 84.1 Å². The van der Waals surface area contributed by atoms with Gasteiger partial charge in [0.25, 0.3) is 0 Å². The molecule has 5 rings (SSSR count). The molecule has 2 aliphatic rings. The Morgan fingerprint density at radius 2 is 1.94 bits per heavy atom. The van der Waals surface area contributed by atoms with Crippen LogP contribution in [0.2, 0.25) is 0 Å². The van der Waals surface area contributed by atoms with Crippen molar-refractivity contribution in [2.24, 2.45) is 0 Å². The number of hydrogen-bond donors (Lipinski definition) is 1. The normalized spacial score (nSPS) is 18.1. The Morgan fingerprint density at radius 3 is 2.68 bits per heavy atom. The highest BCUT2D eigenvalue weighted by molar-refractivity contribution is 7.98. The first-order valence-electron chi connectivity index (χ1n) is 11.9. The van der Waals surface area contributed by atoms with E-state index in [4.69, 9.17) is 24.4 Å². The summed E-state index contributed by atoms with van der Waals surface area (Å²) in [6.07, 6.45) is 3.93. The standard InChI is InChI=1S/C24H34N6O2S2/c1-24(2)13-15-16(14-32-24)21(30-9-11-31-12-10-30)28-22-17(15)18-19(34-22)20(27-23(26-18)33-5)25-7-6-8-29(3)4/h6-14H2,1-5H3,(H,25,26,27). The molecule has 3 aromatic heterocycles. The highest BCUT2D eigenvalue weighted by Crippen LogP contribution is 2.44. The maximum Gasteiger partial charge on any atom is 0.189 e. The molecule has 2 aliphatic heterocycles. The predicted octanol–water partition coefficient (Wildman–Crippen LogP) is 4.01. The molecular formula is C24H34N6O2S2. The minimum Gasteiger partial charge on any atom is -0.378 e. The zero-order chi connectivity index (χ0) is 23.9. The number of nitrogens with one attached hydrogen (secondary N) is 1. The van der Waals surface area contributed by atoms with E-state index < -0.39 is 0 Å². The minimum absolute atomic E-state index is 0.222. The van der Waals surface area contributed by atoms with E-state index in [9.17, 15) is 0 Å². The third-order valence-corrected chi connectivity index (χ3v) is 8.04. The first-order chi connectivity index (χ1) is 16.4. The molecule has 34 heavy (non-hydrogen) atoms. The van der Waals surface area contributed by atoms with Crippen molar-refractivity contribution < 1.29 is 9.47 Å². The Labute approximate surface area is 209 Å². The van der Waals surface area contributed by atoms with Crippen molar-refractivity contribution in [3.63, 3.8) is 0 Å². The molecule has 1 fully saturated rings. The van der Waals surface area contributed by atoms with E-state index in [0.29, 0.717) is 6.61 Å². The molecule has 0 atom stereocenters. The average molecular weight is 503 g/mol. The Morgan fingerprint density at radius 1 is 1.15 bits per heavy atom. The first-order valence-corrected chi connectivity index (χ1v) is 14.0. The van der Waals surface area contributed by atoms with Gasteiger partial charge in [0.2, 0.25) is 0 Å². The Balaban J connectivity index is 1.66. The van der Waals surface area contributed by atoms with Crippen molar-refractivity contribution in [1.29, 1.82) is 0 Å². The summed E-state index contributed by atoms with van der Waals surface area (Å²) in [7, 11) is 4.21. The van der Waals surface area contributed by atoms with Crippen molar-refractivity contribution >= 4 is 55.2 Å². The van der Waals surface area contributed by atoms with E-state index in [1.165, 1.54) is 16.5 Å². The molecule has 5 heterocycles. The molecular weight excluding hydrogens is 468 g/mol. The zero-order valence-corrected chi connectivity index (χ0v) is 22.4. The number of pyridine rings is 1. The summed E-state index contributed by atoms with van der Waals surface area (Å²) in [5.41, 5.74) is 3.33. The highest BCUT2D eigenvalue weighted by Gasteiger charge is 2.33. The fourth-order valence-corrected chi connectivity index (χ4v) is 6.16. The quantitative estimate of drug-likeness (QED) is 0.293. The third kappa shape index (κ3) is 4.70. The lowest BCUT2D eigenvalue weighted by atomic mass is 9.90. The number of ether oxygens (including phenoxy) is 2. The largest absolute Gasteiger partial charge is 0.378 e. The molecule has 1 saturated heterocycles. The van der Waals surface area contributed by atoms with Crippen LogP contribution >= 0.6 is 23.1 Å². The van der Waals surface area contributed by atoms with Gasteiger partial charge in [0.15, 0.2) is 5.16 Å². The summed E-state index contributed by atoms with van der Waals surface area (Å²) in [6, 6.07) is 0. The van der Waals surface area contributed by atoms with Crippen molar-refractivity contribution in [3.8, 4) is 0 Å². The van der Waals surface area contributed by atoms with E-state index in [2.05, 4.69) is 43.1 Å². The number of thioether (sulfide) groups is 1. The molecule has 0 saturated carbocycles. The second-order valence-electron chi connectivity index (χ2n) is 9.82. The lowest BCUT2D eigenvalue weighted by molar-refractivity contribution is -0.0396. The van der Waals surface area contributed by atoms with Gasteiger partial charge < -0.3 is 24.6 Å². The lowest BCUT2D eigenvalue weighted by Crippen LogP contribution is -2.39. The van der Waals surface area contributed by atoms with Gasteiger partial charge in [-0.3, -0.25) is 0 Å². The maximum absolute atomic E-state index is 6.27. The maximum atomic E-state index is 6.27. The monoisotopic (exact) mass is 502 g/mol. The summed E-state index contributed by atoms with van der Waals surface area (Å²) < 4.78 is 13.0. The first kappa shape index (κ1) is 24.0. The predicted molar refractivity (Wildman–Crippen MR) is 142 cm³/mol. The number of hydrogen-bond acceptors (Lipinski definition) is 10. The number of aromatic nitrogens is 3. The molecule has 0 spiro atoms. The summed E-state index contributed by atoms with van der Waals surface area (Å²) in [5, 5.41) is 5.56. The Hall–Kier alpha value is -1.72. The van der Waals surface area contributed by atoms with Crippen molar-refractivity contribution in [3.05, 3.63) is 11.1 Å². The molecule has 0 radical (unpaired) electrons. The van der Waals surface area contributed by atoms with Crippen LogP contribution in [-0.4, -0.2) is 85.2 Å². The Kier molecular flexibility index (Phi) is 6.87. The van der Waals surface area contributed by atoms with Gasteiger partial charge in [-0.25, -0.2) is 15.0 Å². The second-order valence-corrected chi connectivity index (χ2v) is 11.6. The van der Waals surface area contributed by atoms with Crippen LogP contribution in [0.5, 0.6) is 0 Å². The molecule has 0 amide bonds. The fourth-order valence-electron chi connectivity index (χ4n) is 4.69. The third-order valence-electron chi connectivity index (χ3n) is 6.42. The molecule has 0 aromatic carbocycles. The van der Waals surface area contributed by atoms with Crippen LogP contribution in [-0.2, 0) is 22.5 Å². The second kappa shape index (κ2) is 9.73. The minimum atomic E-state index is -0.222. The molecule has 184 valence electrons. The number of nitrogens with zero attached hydrogens (tertiary/aromatic N) is 5. The summed E-state index contributed by atoms with van der Waals surface area (Å²) in [5.74, 6) is 1.97. The smallest absolute Gasteiger partial charge is 0.189 e. The molecule has 0 unspecified atom stereocenters. The van der Waals surface area contributed by atoms with E-state index in [1.54, 1.807) is 23.1 Å². The van der Waals surface area contributed by atoms with Gasteiger partial charge >= 0.3 is 0 Å². The highest BCUT2D eigenvalue weighted by atomic mass is 32.2. The number of morpholine rings is 1. The van der Waals surface area contributed by atoms with E-state index in [-0.39, 0.29) is 5.60 Å². The van der Waals surface area contributed by atoms with Crippen LogP contribution in [0.3, 0.4) is 0 Å². The van der Waals surface area contributed by atoms with Crippen LogP contribution in [0.15, 0.2) is 5.16 Å². The van der Waals surface area contributed by atoms with Crippen molar-refractivity contribution in [2.75, 3.05) is 70.0 Å². The van der Waals surface area contributed by atoms with Gasteiger partial charge in [0.05, 0.1) is 35.6 Å². The van der Waals surface area contributed by atoms with Crippen molar-refractivity contribution in [2.45, 2.75) is 44.1 Å². The topological polar surface area (TPSA) is 75.6 Å². The van der Waals surface area contributed by atoms with E-state index in [1.807, 2.05) is 6.26 Å². The number of thiophene rings is 1. The van der Waals surface area contributed by atoms with Crippen molar-refractivity contribution in [1.82, 2.24) is 19.9 Å². The SMILES string of the molecule is CSc1nc(NCCCN(C)C)c2sc3nc(N4CCOCC4)c4c(c3c2n1)CC(C)(C)OC4. The molecule has 1 N–H and O–H groups in total. The molecule has 0 aliphatic carbocycles. The van der Waals surface area contributed by atoms with Gasteiger partial charge in [-0.15, -0.1) is 11.3 Å². The molecule has 8 nitrogen and oxygen atoms in total. The zero-order valence-electron chi connectivity index (χ0n) is 20.7. The van der Waals surface area contributed by atoms with E-state index >= 15 is 0 Å². The lowest BCUT2D eigenvalue weighted by Gasteiger charge is -2.36. The molecule has 10 heteroatoms. The van der Waals surface area contributed by atoms with Crippen LogP contribution < -0.4 is 10.2 Å². The summed E-state index contributed by atoms with van der Waals surface area (Å²) in [6.45, 7) is 10.0. The van der Waals surface area contributed by atoms with Gasteiger partial charge in [-0.1, -0.05) is 11.8 Å². The van der Waals surface area contributed by atoms with Gasteiger partial charge in [0, 0.05) is 37.0 Å². The number of anilines is 2. The van der Waals surface area contributed by atoms with Gasteiger partial charge in [-0.05, 0) is 52.7 Å². The number of fused-ring (bicyclic) bond motifs is 5. The van der Waals surface area contributed by atoms with Crippen LogP contribution in [0.1, 0.15) is 31.4 Å². The van der Waals surface area contributed by atoms with Crippen LogP contribution in [0.25, 0.3) is 20.4 Å². The Bertz CT molecular complexity index is 1190. The average Bonchev–Trinajstić information content (AvgIpc) is 3.19. The molecule has 0 bridgehead atoms. The number of rotatable bonds is 7. The van der Waals surface area contributed by atoms with Crippen LogP contribution in [0.4, 0.5) is 11.6 Å². The van der Waals surface area contributed by atoms with Gasteiger partial charge in [0.1, 0.15) is 16.5 Å². The van der Waals surface area contributed by atoms with Gasteiger partial charge in [-0.2, -0.15) is 0 Å². The summed E-state index contributed by atoms with van der Waals surface area (Å²) in [4.78, 5) is 20.7. The fraction of sp³-hybridized carbons (Fsp3) is 0.625. The summed E-state index contributed by atoms with van der Waals surface area (Å²) >= 11 is 3.29. The van der Waals surface area contributed by atoms with Crippen LogP contribution in [0, 0.1) is 0 Å². The molecule has 3 aromatic rings.